The predicted octanol–water partition coefficient (Wildman–Crippen LogP) is 3.00. The molecule has 1 atom stereocenters. The van der Waals surface area contributed by atoms with Gasteiger partial charge in [0.2, 0.25) is 20.2 Å². The zero-order chi connectivity index (χ0) is 26.1. The normalized spacial score (nSPS) is 15.6. The Bertz CT molecular complexity index is 1360. The van der Waals surface area contributed by atoms with Crippen LogP contribution in [0.5, 0.6) is 0 Å². The van der Waals surface area contributed by atoms with Gasteiger partial charge in [0, 0.05) is 35.8 Å². The number of ketones is 1. The van der Waals surface area contributed by atoms with Gasteiger partial charge in [0.25, 0.3) is 0 Å². The molecule has 0 bridgehead atoms. The van der Waals surface area contributed by atoms with Gasteiger partial charge in [0.1, 0.15) is 24.2 Å². The van der Waals surface area contributed by atoms with Crippen LogP contribution in [0.15, 0.2) is 36.5 Å². The van der Waals surface area contributed by atoms with Crippen LogP contribution in [0.2, 0.25) is 5.02 Å². The average Bonchev–Trinajstić information content (AvgIpc) is 3.44. The molecule has 8 nitrogen and oxygen atoms in total. The van der Waals surface area contributed by atoms with Gasteiger partial charge in [-0.2, -0.15) is 0 Å². The molecule has 2 heterocycles. The third-order valence-electron chi connectivity index (χ3n) is 6.21. The fraction of sp³-hybridized carbons (Fsp3) is 0.292. The molecule has 1 aromatic heterocycles. The number of amides is 2. The van der Waals surface area contributed by atoms with E-state index in [9.17, 15) is 33.0 Å². The van der Waals surface area contributed by atoms with Crippen molar-refractivity contribution in [3.63, 3.8) is 0 Å². The molecule has 1 saturated heterocycles. The molecule has 0 spiro atoms. The number of fused-ring (bicyclic) bond motifs is 1. The van der Waals surface area contributed by atoms with Crippen LogP contribution in [0.4, 0.5) is 8.78 Å². The number of nitrogens with one attached hydrogen (secondary N) is 1. The van der Waals surface area contributed by atoms with Gasteiger partial charge in [0.05, 0.1) is 15.8 Å². The first kappa shape index (κ1) is 26.2. The minimum Gasteiger partial charge on any atom is -0.350 e. The van der Waals surface area contributed by atoms with E-state index in [2.05, 4.69) is 5.32 Å². The van der Waals surface area contributed by atoms with Gasteiger partial charge in [-0.1, -0.05) is 23.7 Å². The molecule has 36 heavy (non-hydrogen) atoms. The van der Waals surface area contributed by atoms with Gasteiger partial charge in [0.15, 0.2) is 5.78 Å². The summed E-state index contributed by atoms with van der Waals surface area (Å²) in [5, 5.41) is 2.52. The molecule has 0 aliphatic carbocycles. The van der Waals surface area contributed by atoms with Crippen molar-refractivity contribution in [3.8, 4) is 0 Å². The van der Waals surface area contributed by atoms with Crippen LogP contribution in [0.25, 0.3) is 10.9 Å². The number of carbonyl (C=O) groups excluding carboxylic acids is 3. The summed E-state index contributed by atoms with van der Waals surface area (Å²) in [6.07, 6.45) is 2.43. The third kappa shape index (κ3) is 5.13. The quantitative estimate of drug-likeness (QED) is 0.317. The first-order chi connectivity index (χ1) is 17.1. The fourth-order valence-corrected chi connectivity index (χ4v) is 5.11. The number of likely N-dealkylation sites (tertiary alicyclic amines) is 1. The van der Waals surface area contributed by atoms with Crippen molar-refractivity contribution in [1.29, 1.82) is 0 Å². The van der Waals surface area contributed by atoms with Crippen molar-refractivity contribution in [2.75, 3.05) is 6.54 Å². The van der Waals surface area contributed by atoms with Crippen LogP contribution in [-0.4, -0.2) is 49.4 Å². The monoisotopic (exact) mass is 537 g/mol. The van der Waals surface area contributed by atoms with Gasteiger partial charge >= 0.3 is 0 Å². The molecule has 190 valence electrons. The molecule has 0 saturated carbocycles. The molecule has 1 aliphatic heterocycles. The molecule has 4 rings (SSSR count). The minimum absolute atomic E-state index is 0.0544. The highest BCUT2D eigenvalue weighted by Gasteiger charge is 2.34. The summed E-state index contributed by atoms with van der Waals surface area (Å²) in [6.45, 7) is 1.30. The average molecular weight is 538 g/mol. The van der Waals surface area contributed by atoms with E-state index in [1.807, 2.05) is 0 Å². The molecule has 3 aromatic rings. The molecule has 1 aliphatic rings. The molecule has 0 radical (unpaired) electrons. The van der Waals surface area contributed by atoms with Crippen molar-refractivity contribution in [2.24, 2.45) is 0 Å². The van der Waals surface area contributed by atoms with Crippen molar-refractivity contribution in [3.05, 3.63) is 64.3 Å². The van der Waals surface area contributed by atoms with E-state index in [0.29, 0.717) is 19.4 Å². The van der Waals surface area contributed by atoms with E-state index in [4.69, 9.17) is 11.6 Å². The Hall–Kier alpha value is -2.91. The lowest BCUT2D eigenvalue weighted by Crippen LogP contribution is -2.46. The SMILES string of the molecule is CC(=O)c1cn(CC(=O)N2CCCC2C(=O)NCc2cccc(Cl)c2F)c2cc(P(O)O)c(F)cc12. The summed E-state index contributed by atoms with van der Waals surface area (Å²) in [5.41, 5.74) is 0.693. The van der Waals surface area contributed by atoms with Crippen LogP contribution in [0, 0.1) is 11.6 Å². The van der Waals surface area contributed by atoms with Crippen LogP contribution >= 0.6 is 20.0 Å². The zero-order valence-corrected chi connectivity index (χ0v) is 20.8. The first-order valence-electron chi connectivity index (χ1n) is 11.1. The molecule has 1 unspecified atom stereocenters. The van der Waals surface area contributed by atoms with Crippen LogP contribution < -0.4 is 10.6 Å². The highest BCUT2D eigenvalue weighted by Crippen LogP contribution is 2.30. The smallest absolute Gasteiger partial charge is 0.243 e. The zero-order valence-electron chi connectivity index (χ0n) is 19.2. The van der Waals surface area contributed by atoms with Crippen LogP contribution in [0.1, 0.15) is 35.7 Å². The van der Waals surface area contributed by atoms with Gasteiger partial charge in [-0.15, -0.1) is 0 Å². The second kappa shape index (κ2) is 10.6. The standard InChI is InChI=1S/C24H23ClF2N3O5P/c1-13(31)16-11-29(20-9-21(36(34)35)18(26)8-15(16)20)12-22(32)30-7-3-6-19(30)24(33)28-10-14-4-2-5-17(25)23(14)27/h2,4-5,8-9,11,19,34-35H,3,6-7,10,12H2,1H3,(H,28,33). The summed E-state index contributed by atoms with van der Waals surface area (Å²) in [5.74, 6) is -2.67. The molecule has 2 amide bonds. The van der Waals surface area contributed by atoms with Crippen molar-refractivity contribution >= 4 is 53.8 Å². The van der Waals surface area contributed by atoms with E-state index >= 15 is 0 Å². The molecule has 12 heteroatoms. The number of benzene rings is 2. The summed E-state index contributed by atoms with van der Waals surface area (Å²) < 4.78 is 29.9. The van der Waals surface area contributed by atoms with E-state index in [0.717, 1.165) is 6.07 Å². The number of carbonyl (C=O) groups is 3. The summed E-state index contributed by atoms with van der Waals surface area (Å²) in [6, 6.07) is 5.98. The maximum atomic E-state index is 14.3. The summed E-state index contributed by atoms with van der Waals surface area (Å²) in [4.78, 5) is 58.6. The Morgan fingerprint density at radius 3 is 2.67 bits per heavy atom. The Kier molecular flexibility index (Phi) is 7.70. The Morgan fingerprint density at radius 2 is 1.97 bits per heavy atom. The number of rotatable bonds is 7. The summed E-state index contributed by atoms with van der Waals surface area (Å²) in [7, 11) is -2.74. The molecule has 2 aromatic carbocycles. The van der Waals surface area contributed by atoms with E-state index in [1.165, 1.54) is 40.8 Å². The lowest BCUT2D eigenvalue weighted by Gasteiger charge is -2.24. The van der Waals surface area contributed by atoms with Gasteiger partial charge in [-0.05, 0) is 38.0 Å². The largest absolute Gasteiger partial charge is 0.350 e. The van der Waals surface area contributed by atoms with Crippen molar-refractivity contribution in [2.45, 2.75) is 38.9 Å². The van der Waals surface area contributed by atoms with Gasteiger partial charge in [-0.3, -0.25) is 14.4 Å². The lowest BCUT2D eigenvalue weighted by atomic mass is 10.1. The second-order valence-corrected chi connectivity index (χ2v) is 9.98. The maximum absolute atomic E-state index is 14.3. The van der Waals surface area contributed by atoms with E-state index in [-0.39, 0.29) is 51.2 Å². The number of halogens is 3. The topological polar surface area (TPSA) is 112 Å². The van der Waals surface area contributed by atoms with Crippen LogP contribution in [-0.2, 0) is 22.7 Å². The summed E-state index contributed by atoms with van der Waals surface area (Å²) >= 11 is 5.78. The highest BCUT2D eigenvalue weighted by molar-refractivity contribution is 7.54. The van der Waals surface area contributed by atoms with E-state index in [1.54, 1.807) is 6.07 Å². The number of nitrogens with zero attached hydrogens (tertiary/aromatic N) is 2. The Balaban J connectivity index is 1.54. The highest BCUT2D eigenvalue weighted by atomic mass is 35.5. The number of hydrogen-bond donors (Lipinski definition) is 3. The number of hydrogen-bond acceptors (Lipinski definition) is 5. The predicted molar refractivity (Wildman–Crippen MR) is 131 cm³/mol. The lowest BCUT2D eigenvalue weighted by molar-refractivity contribution is -0.138. The molecular weight excluding hydrogens is 515 g/mol. The minimum atomic E-state index is -2.74. The molecular formula is C24H23ClF2N3O5P. The second-order valence-electron chi connectivity index (χ2n) is 8.51. The van der Waals surface area contributed by atoms with Gasteiger partial charge in [-0.25, -0.2) is 8.78 Å². The molecule has 3 N–H and O–H groups in total. The van der Waals surface area contributed by atoms with Crippen molar-refractivity contribution < 1.29 is 33.0 Å². The number of aromatic nitrogens is 1. The van der Waals surface area contributed by atoms with Crippen LogP contribution in [0.3, 0.4) is 0 Å². The third-order valence-corrected chi connectivity index (χ3v) is 7.28. The number of Topliss-reactive ketones (excluding diaryl/α,β-unsaturated/α-hetero) is 1. The van der Waals surface area contributed by atoms with E-state index < -0.39 is 37.9 Å². The Morgan fingerprint density at radius 1 is 1.22 bits per heavy atom. The maximum Gasteiger partial charge on any atom is 0.243 e. The molecule has 1 fully saturated rings. The van der Waals surface area contributed by atoms with Gasteiger partial charge < -0.3 is 24.6 Å². The van der Waals surface area contributed by atoms with Crippen molar-refractivity contribution in [1.82, 2.24) is 14.8 Å². The fourth-order valence-electron chi connectivity index (χ4n) is 4.42. The Labute approximate surface area is 211 Å². The first-order valence-corrected chi connectivity index (χ1v) is 12.7.